The van der Waals surface area contributed by atoms with Crippen LogP contribution in [-0.4, -0.2) is 75.5 Å². The van der Waals surface area contributed by atoms with Gasteiger partial charge in [-0.05, 0) is 97.7 Å². The smallest absolute Gasteiger partial charge is 0.343 e. The topological polar surface area (TPSA) is 88.5 Å². The highest BCUT2D eigenvalue weighted by atomic mass is 35.5. The van der Waals surface area contributed by atoms with E-state index in [2.05, 4.69) is 17.0 Å². The Hall–Kier alpha value is -3.07. The molecule has 9 heteroatoms. The number of aryl methyl sites for hydroxylation is 1. The van der Waals surface area contributed by atoms with Crippen molar-refractivity contribution in [2.75, 3.05) is 52.4 Å². The van der Waals surface area contributed by atoms with Crippen LogP contribution in [0.15, 0.2) is 48.6 Å². The second-order valence-electron chi connectivity index (χ2n) is 13.4. The summed E-state index contributed by atoms with van der Waals surface area (Å²) in [4.78, 5) is 31.1. The number of aliphatic hydroxyl groups is 1. The summed E-state index contributed by atoms with van der Waals surface area (Å²) in [6, 6.07) is 11.9. The molecule has 0 aromatic heterocycles. The van der Waals surface area contributed by atoms with Crippen LogP contribution in [0.4, 0.5) is 5.69 Å². The van der Waals surface area contributed by atoms with E-state index in [1.807, 2.05) is 36.4 Å². The molecular weight excluding hydrogens is 592 g/mol. The first-order valence-corrected chi connectivity index (χ1v) is 16.6. The van der Waals surface area contributed by atoms with Crippen molar-refractivity contribution in [2.45, 2.75) is 68.5 Å². The van der Waals surface area contributed by atoms with E-state index < -0.39 is 17.7 Å². The lowest BCUT2D eigenvalue weighted by molar-refractivity contribution is -0.172. The van der Waals surface area contributed by atoms with Crippen molar-refractivity contribution in [1.29, 1.82) is 0 Å². The quantitative estimate of drug-likeness (QED) is 0.348. The predicted octanol–water partition coefficient (Wildman–Crippen LogP) is 5.41. The van der Waals surface area contributed by atoms with E-state index in [1.165, 1.54) is 25.3 Å². The Morgan fingerprint density at radius 1 is 1.13 bits per heavy atom. The van der Waals surface area contributed by atoms with Gasteiger partial charge in [-0.15, -0.1) is 0 Å². The minimum absolute atomic E-state index is 0.165. The van der Waals surface area contributed by atoms with Gasteiger partial charge in [-0.3, -0.25) is 4.79 Å². The Morgan fingerprint density at radius 2 is 1.98 bits per heavy atom. The summed E-state index contributed by atoms with van der Waals surface area (Å²) in [5, 5.41) is 11.9. The molecule has 1 fully saturated rings. The number of anilines is 1. The third-order valence-electron chi connectivity index (χ3n) is 10.8. The number of amides is 1. The lowest BCUT2D eigenvalue weighted by atomic mass is 9.68. The number of rotatable bonds is 2. The summed E-state index contributed by atoms with van der Waals surface area (Å²) in [7, 11) is 4.52. The van der Waals surface area contributed by atoms with Crippen LogP contribution in [0.25, 0.3) is 0 Å². The number of aliphatic hydroxyl groups excluding tert-OH is 1. The molecule has 2 aromatic rings. The van der Waals surface area contributed by atoms with E-state index in [1.54, 1.807) is 11.9 Å². The van der Waals surface area contributed by atoms with Crippen molar-refractivity contribution >= 4 is 29.2 Å². The standard InChI is InChI=1S/C36H45ClN2O6/c1-38-17-6-4-5-9-31(40)28-13-10-25(28)21-39-22-35(16-7-8-24-18-27(37)12-14-29(24)35)23-45-32-15-11-26(19-30(32)39)36(44-3,20-33(38)41)34(42)43-2/h5,9,11-12,14-15,18-19,25,28,31,40H,4,6-8,10,13,16-17,20-23H2,1-3H3/b9-5+/t25-,28+,31-,35-,36+/m0/s1. The van der Waals surface area contributed by atoms with Gasteiger partial charge in [0.05, 0.1) is 31.9 Å². The molecule has 0 unspecified atom stereocenters. The molecule has 0 radical (unpaired) electrons. The van der Waals surface area contributed by atoms with E-state index in [0.717, 1.165) is 68.0 Å². The SMILES string of the molecule is COC(=O)[C@@]1(OC)CC(=O)N(C)CCC/C=C/[C@H](O)[C@@H]2CC[C@H]2CN2C[C@@]3(CCCc4cc(Cl)ccc43)COc3ccc1cc32. The first kappa shape index (κ1) is 31.9. The molecule has 1 spiro atoms. The number of methoxy groups -OCH3 is 2. The number of esters is 1. The molecule has 2 aliphatic heterocycles. The molecule has 1 saturated carbocycles. The van der Waals surface area contributed by atoms with Gasteiger partial charge >= 0.3 is 5.97 Å². The molecule has 2 aromatic carbocycles. The van der Waals surface area contributed by atoms with Crippen LogP contribution in [0.1, 0.15) is 61.6 Å². The number of fused-ring (bicyclic) bond motifs is 4. The average molecular weight is 637 g/mol. The third-order valence-corrected chi connectivity index (χ3v) is 11.0. The molecule has 242 valence electrons. The molecule has 6 rings (SSSR count). The summed E-state index contributed by atoms with van der Waals surface area (Å²) in [6.07, 6.45) is 9.76. The van der Waals surface area contributed by atoms with E-state index in [-0.39, 0.29) is 23.7 Å². The summed E-state index contributed by atoms with van der Waals surface area (Å²) in [5.41, 5.74) is 2.07. The van der Waals surface area contributed by atoms with Crippen LogP contribution in [0, 0.1) is 11.8 Å². The van der Waals surface area contributed by atoms with Crippen LogP contribution in [0.3, 0.4) is 0 Å². The Morgan fingerprint density at radius 3 is 2.73 bits per heavy atom. The van der Waals surface area contributed by atoms with Crippen molar-refractivity contribution in [2.24, 2.45) is 11.8 Å². The van der Waals surface area contributed by atoms with Gasteiger partial charge in [-0.2, -0.15) is 0 Å². The van der Waals surface area contributed by atoms with Gasteiger partial charge in [0, 0.05) is 44.2 Å². The number of halogens is 1. The zero-order chi connectivity index (χ0) is 31.8. The van der Waals surface area contributed by atoms with E-state index in [9.17, 15) is 14.7 Å². The number of allylic oxidation sites excluding steroid dienone is 1. The van der Waals surface area contributed by atoms with Gasteiger partial charge in [0.1, 0.15) is 5.75 Å². The molecular formula is C36H45ClN2O6. The van der Waals surface area contributed by atoms with E-state index >= 15 is 0 Å². The van der Waals surface area contributed by atoms with Crippen LogP contribution in [0.2, 0.25) is 5.02 Å². The van der Waals surface area contributed by atoms with Gasteiger partial charge < -0.3 is 29.1 Å². The Kier molecular flexibility index (Phi) is 9.19. The highest BCUT2D eigenvalue weighted by Crippen LogP contribution is 2.48. The maximum atomic E-state index is 13.5. The van der Waals surface area contributed by atoms with Crippen molar-refractivity contribution in [1.82, 2.24) is 4.90 Å². The molecule has 2 bridgehead atoms. The van der Waals surface area contributed by atoms with Gasteiger partial charge in [0.15, 0.2) is 5.60 Å². The Bertz CT molecular complexity index is 1460. The number of hydrogen-bond donors (Lipinski definition) is 1. The first-order valence-electron chi connectivity index (χ1n) is 16.2. The van der Waals surface area contributed by atoms with E-state index in [0.29, 0.717) is 31.2 Å². The molecule has 2 heterocycles. The van der Waals surface area contributed by atoms with Crippen molar-refractivity contribution in [3.05, 3.63) is 70.3 Å². The summed E-state index contributed by atoms with van der Waals surface area (Å²) in [6.45, 7) is 2.49. The average Bonchev–Trinajstić information content (AvgIpc) is 3.17. The van der Waals surface area contributed by atoms with Gasteiger partial charge in [0.2, 0.25) is 5.91 Å². The monoisotopic (exact) mass is 636 g/mol. The van der Waals surface area contributed by atoms with Gasteiger partial charge in [0.25, 0.3) is 0 Å². The largest absolute Gasteiger partial charge is 0.490 e. The van der Waals surface area contributed by atoms with Gasteiger partial charge in [-0.1, -0.05) is 35.9 Å². The molecule has 45 heavy (non-hydrogen) atoms. The first-order chi connectivity index (χ1) is 21.7. The molecule has 1 amide bonds. The fraction of sp³-hybridized carbons (Fsp3) is 0.556. The second-order valence-corrected chi connectivity index (χ2v) is 13.8. The zero-order valence-corrected chi connectivity index (χ0v) is 27.4. The molecule has 0 saturated heterocycles. The third kappa shape index (κ3) is 5.97. The van der Waals surface area contributed by atoms with Crippen LogP contribution in [0.5, 0.6) is 5.75 Å². The maximum Gasteiger partial charge on any atom is 0.343 e. The lowest BCUT2D eigenvalue weighted by Crippen LogP contribution is -2.49. The highest BCUT2D eigenvalue weighted by molar-refractivity contribution is 6.30. The predicted molar refractivity (Wildman–Crippen MR) is 174 cm³/mol. The highest BCUT2D eigenvalue weighted by Gasteiger charge is 2.47. The maximum absolute atomic E-state index is 13.5. The molecule has 8 nitrogen and oxygen atoms in total. The molecule has 1 N–H and O–H groups in total. The number of ether oxygens (including phenoxy) is 3. The van der Waals surface area contributed by atoms with Crippen molar-refractivity contribution < 1.29 is 28.9 Å². The number of carbonyl (C=O) groups excluding carboxylic acids is 2. The number of carbonyl (C=O) groups is 2. The summed E-state index contributed by atoms with van der Waals surface area (Å²) in [5.74, 6) is 0.349. The number of hydrogen-bond acceptors (Lipinski definition) is 7. The number of benzene rings is 2. The Balaban J connectivity index is 1.47. The van der Waals surface area contributed by atoms with Crippen LogP contribution >= 0.6 is 11.6 Å². The van der Waals surface area contributed by atoms with Gasteiger partial charge in [-0.25, -0.2) is 4.79 Å². The normalized spacial score (nSPS) is 31.0. The number of nitrogens with zero attached hydrogens (tertiary/aromatic N) is 2. The van der Waals surface area contributed by atoms with Crippen molar-refractivity contribution in [3.8, 4) is 5.75 Å². The molecule has 2 aliphatic carbocycles. The van der Waals surface area contributed by atoms with Crippen LogP contribution < -0.4 is 9.64 Å². The Labute approximate surface area is 271 Å². The lowest BCUT2D eigenvalue weighted by Gasteiger charge is -2.45. The minimum atomic E-state index is -1.62. The fourth-order valence-corrected chi connectivity index (χ4v) is 8.14. The van der Waals surface area contributed by atoms with E-state index in [4.69, 9.17) is 25.8 Å². The second kappa shape index (κ2) is 13.0. The van der Waals surface area contributed by atoms with Crippen molar-refractivity contribution in [3.63, 3.8) is 0 Å². The minimum Gasteiger partial charge on any atom is -0.490 e. The van der Waals surface area contributed by atoms with Crippen LogP contribution in [-0.2, 0) is 36.5 Å². The summed E-state index contributed by atoms with van der Waals surface area (Å²) >= 11 is 6.44. The molecule has 4 aliphatic rings. The fourth-order valence-electron chi connectivity index (χ4n) is 7.95. The zero-order valence-electron chi connectivity index (χ0n) is 26.6. The summed E-state index contributed by atoms with van der Waals surface area (Å²) < 4.78 is 17.9. The molecule has 5 atom stereocenters.